The van der Waals surface area contributed by atoms with Gasteiger partial charge in [-0.1, -0.05) is 12.1 Å². The van der Waals surface area contributed by atoms with Crippen molar-refractivity contribution < 1.29 is 13.9 Å². The number of carbonyl (C=O) groups is 1. The van der Waals surface area contributed by atoms with Crippen molar-refractivity contribution >= 4 is 16.9 Å². The number of ether oxygens (including phenoxy) is 1. The highest BCUT2D eigenvalue weighted by Crippen LogP contribution is 2.21. The SMILES string of the molecule is C#CCCCOc1cccc(CNC(=O)c2ccc3ncccc3n2)c1F. The molecule has 0 bridgehead atoms. The van der Waals surface area contributed by atoms with Crippen molar-refractivity contribution in [1.82, 2.24) is 15.3 Å². The van der Waals surface area contributed by atoms with Crippen LogP contribution in [0.2, 0.25) is 0 Å². The van der Waals surface area contributed by atoms with Gasteiger partial charge in [-0.2, -0.15) is 0 Å². The van der Waals surface area contributed by atoms with Crippen molar-refractivity contribution in [2.75, 3.05) is 6.61 Å². The number of hydrogen-bond donors (Lipinski definition) is 1. The van der Waals surface area contributed by atoms with Gasteiger partial charge >= 0.3 is 0 Å². The lowest BCUT2D eigenvalue weighted by atomic mass is 10.2. The third-order valence-electron chi connectivity index (χ3n) is 3.89. The van der Waals surface area contributed by atoms with E-state index < -0.39 is 5.82 Å². The minimum Gasteiger partial charge on any atom is -0.490 e. The van der Waals surface area contributed by atoms with Crippen molar-refractivity contribution in [1.29, 1.82) is 0 Å². The number of terminal acetylenes is 1. The molecule has 0 saturated heterocycles. The molecule has 136 valence electrons. The van der Waals surface area contributed by atoms with E-state index in [-0.39, 0.29) is 23.9 Å². The standard InChI is InChI=1S/C21H18FN3O2/c1-2-3-4-13-27-19-9-5-7-15(20(19)22)14-24-21(26)18-11-10-16-17(25-18)8-6-12-23-16/h1,5-12H,3-4,13-14H2,(H,24,26). The Balaban J connectivity index is 1.65. The van der Waals surface area contributed by atoms with E-state index in [1.165, 1.54) is 0 Å². The molecular weight excluding hydrogens is 345 g/mol. The van der Waals surface area contributed by atoms with Crippen LogP contribution in [0.5, 0.6) is 5.75 Å². The molecule has 2 heterocycles. The molecule has 27 heavy (non-hydrogen) atoms. The van der Waals surface area contributed by atoms with Gasteiger partial charge in [0.05, 0.1) is 17.6 Å². The summed E-state index contributed by atoms with van der Waals surface area (Å²) in [5.74, 6) is 1.78. The molecule has 0 unspecified atom stereocenters. The maximum Gasteiger partial charge on any atom is 0.270 e. The second-order valence-electron chi connectivity index (χ2n) is 5.81. The van der Waals surface area contributed by atoms with E-state index in [1.807, 2.05) is 0 Å². The zero-order valence-electron chi connectivity index (χ0n) is 14.6. The quantitative estimate of drug-likeness (QED) is 0.516. The van der Waals surface area contributed by atoms with E-state index in [0.29, 0.717) is 36.0 Å². The van der Waals surface area contributed by atoms with Gasteiger partial charge in [-0.05, 0) is 36.8 Å². The lowest BCUT2D eigenvalue weighted by Crippen LogP contribution is -2.24. The molecule has 0 aliphatic rings. The number of pyridine rings is 2. The largest absolute Gasteiger partial charge is 0.490 e. The molecular formula is C21H18FN3O2. The first-order chi connectivity index (χ1) is 13.2. The van der Waals surface area contributed by atoms with Crippen LogP contribution in [0.4, 0.5) is 4.39 Å². The lowest BCUT2D eigenvalue weighted by Gasteiger charge is -2.11. The van der Waals surface area contributed by atoms with Crippen molar-refractivity contribution in [3.8, 4) is 18.1 Å². The minimum atomic E-state index is -0.492. The predicted molar refractivity (Wildman–Crippen MR) is 101 cm³/mol. The van der Waals surface area contributed by atoms with Gasteiger partial charge in [-0.25, -0.2) is 9.37 Å². The predicted octanol–water partition coefficient (Wildman–Crippen LogP) is 3.49. The van der Waals surface area contributed by atoms with Gasteiger partial charge in [0.25, 0.3) is 5.91 Å². The topological polar surface area (TPSA) is 64.1 Å². The summed E-state index contributed by atoms with van der Waals surface area (Å²) in [6, 6.07) is 11.7. The molecule has 0 spiro atoms. The summed E-state index contributed by atoms with van der Waals surface area (Å²) < 4.78 is 19.9. The lowest BCUT2D eigenvalue weighted by molar-refractivity contribution is 0.0946. The number of amides is 1. The number of fused-ring (bicyclic) bond motifs is 1. The third-order valence-corrected chi connectivity index (χ3v) is 3.89. The van der Waals surface area contributed by atoms with Gasteiger partial charge in [0.1, 0.15) is 5.69 Å². The second-order valence-corrected chi connectivity index (χ2v) is 5.81. The van der Waals surface area contributed by atoms with Crippen LogP contribution in [0, 0.1) is 18.2 Å². The molecule has 2 aromatic heterocycles. The van der Waals surface area contributed by atoms with E-state index in [2.05, 4.69) is 21.2 Å². The number of nitrogens with zero attached hydrogens (tertiary/aromatic N) is 2. The van der Waals surface area contributed by atoms with E-state index in [9.17, 15) is 9.18 Å². The van der Waals surface area contributed by atoms with Crippen LogP contribution in [0.3, 0.4) is 0 Å². The number of hydrogen-bond acceptors (Lipinski definition) is 4. The van der Waals surface area contributed by atoms with E-state index >= 15 is 0 Å². The van der Waals surface area contributed by atoms with Gasteiger partial charge in [-0.15, -0.1) is 12.3 Å². The summed E-state index contributed by atoms with van der Waals surface area (Å²) in [4.78, 5) is 20.8. The Morgan fingerprint density at radius 3 is 2.93 bits per heavy atom. The summed E-state index contributed by atoms with van der Waals surface area (Å²) in [7, 11) is 0. The molecule has 5 nitrogen and oxygen atoms in total. The van der Waals surface area contributed by atoms with Crippen LogP contribution >= 0.6 is 0 Å². The number of aromatic nitrogens is 2. The summed E-state index contributed by atoms with van der Waals surface area (Å²) in [5.41, 5.74) is 1.91. The average Bonchev–Trinajstić information content (AvgIpc) is 2.70. The number of unbranched alkanes of at least 4 members (excludes halogenated alkanes) is 1. The Morgan fingerprint density at radius 2 is 2.07 bits per heavy atom. The summed E-state index contributed by atoms with van der Waals surface area (Å²) in [5, 5.41) is 2.68. The molecule has 1 aromatic carbocycles. The van der Waals surface area contributed by atoms with Gasteiger partial charge in [0.15, 0.2) is 11.6 Å². The van der Waals surface area contributed by atoms with Crippen molar-refractivity contribution in [2.45, 2.75) is 19.4 Å². The fourth-order valence-corrected chi connectivity index (χ4v) is 2.51. The van der Waals surface area contributed by atoms with Crippen molar-refractivity contribution in [3.05, 3.63) is 65.7 Å². The molecule has 0 saturated carbocycles. The Bertz CT molecular complexity index is 998. The number of rotatable bonds is 7. The first-order valence-electron chi connectivity index (χ1n) is 8.52. The Morgan fingerprint density at radius 1 is 1.19 bits per heavy atom. The van der Waals surface area contributed by atoms with E-state index in [0.717, 1.165) is 0 Å². The Kier molecular flexibility index (Phi) is 5.95. The molecule has 0 fully saturated rings. The zero-order chi connectivity index (χ0) is 19.1. The summed E-state index contributed by atoms with van der Waals surface area (Å²) in [6.07, 6.45) is 8.07. The highest BCUT2D eigenvalue weighted by atomic mass is 19.1. The third kappa shape index (κ3) is 4.59. The van der Waals surface area contributed by atoms with Crippen LogP contribution < -0.4 is 10.1 Å². The van der Waals surface area contributed by atoms with Gasteiger partial charge in [0, 0.05) is 24.7 Å². The van der Waals surface area contributed by atoms with Crippen LogP contribution in [-0.4, -0.2) is 22.5 Å². The highest BCUT2D eigenvalue weighted by molar-refractivity contribution is 5.94. The van der Waals surface area contributed by atoms with Crippen LogP contribution in [0.25, 0.3) is 11.0 Å². The highest BCUT2D eigenvalue weighted by Gasteiger charge is 2.12. The number of nitrogens with one attached hydrogen (secondary N) is 1. The molecule has 3 aromatic rings. The minimum absolute atomic E-state index is 0.0268. The van der Waals surface area contributed by atoms with Gasteiger partial charge in [-0.3, -0.25) is 9.78 Å². The molecule has 0 atom stereocenters. The monoisotopic (exact) mass is 363 g/mol. The molecule has 0 radical (unpaired) electrons. The Labute approximate surface area is 156 Å². The normalized spacial score (nSPS) is 10.4. The fraction of sp³-hybridized carbons (Fsp3) is 0.190. The maximum absolute atomic E-state index is 14.5. The molecule has 1 amide bonds. The molecule has 1 N–H and O–H groups in total. The van der Waals surface area contributed by atoms with Gasteiger partial charge < -0.3 is 10.1 Å². The van der Waals surface area contributed by atoms with E-state index in [4.69, 9.17) is 11.2 Å². The van der Waals surface area contributed by atoms with Crippen molar-refractivity contribution in [2.24, 2.45) is 0 Å². The average molecular weight is 363 g/mol. The van der Waals surface area contributed by atoms with Crippen molar-refractivity contribution in [3.63, 3.8) is 0 Å². The summed E-state index contributed by atoms with van der Waals surface area (Å²) >= 11 is 0. The first kappa shape index (κ1) is 18.3. The van der Waals surface area contributed by atoms with Gasteiger partial charge in [0.2, 0.25) is 0 Å². The van der Waals surface area contributed by atoms with Crippen LogP contribution in [-0.2, 0) is 6.54 Å². The molecule has 3 rings (SSSR count). The van der Waals surface area contributed by atoms with Crippen LogP contribution in [0.15, 0.2) is 48.7 Å². The molecule has 0 aliphatic heterocycles. The fourth-order valence-electron chi connectivity index (χ4n) is 2.51. The second kappa shape index (κ2) is 8.77. The van der Waals surface area contributed by atoms with Crippen LogP contribution in [0.1, 0.15) is 28.9 Å². The number of benzene rings is 1. The number of halogens is 1. The number of carbonyl (C=O) groups excluding carboxylic acids is 1. The molecule has 6 heteroatoms. The smallest absolute Gasteiger partial charge is 0.270 e. The zero-order valence-corrected chi connectivity index (χ0v) is 14.6. The maximum atomic E-state index is 14.5. The summed E-state index contributed by atoms with van der Waals surface area (Å²) in [6.45, 7) is 0.366. The Hall–Kier alpha value is -3.46. The van der Waals surface area contributed by atoms with E-state index in [1.54, 1.807) is 48.7 Å². The first-order valence-corrected chi connectivity index (χ1v) is 8.52. The molecule has 0 aliphatic carbocycles.